The molecule has 1 aliphatic rings. The number of methoxy groups -OCH3 is 1. The minimum Gasteiger partial charge on any atom is -0.369 e. The number of carbonyl (C=O) groups is 2. The van der Waals surface area contributed by atoms with Gasteiger partial charge in [0.15, 0.2) is 6.10 Å². The van der Waals surface area contributed by atoms with Crippen molar-refractivity contribution in [2.24, 2.45) is 0 Å². The van der Waals surface area contributed by atoms with E-state index in [2.05, 4.69) is 0 Å². The van der Waals surface area contributed by atoms with Gasteiger partial charge in [0.1, 0.15) is 12.3 Å². The lowest BCUT2D eigenvalue weighted by molar-refractivity contribution is -0.142. The second-order valence-electron chi connectivity index (χ2n) is 3.83. The molecule has 2 rings (SSSR count). The zero-order chi connectivity index (χ0) is 11.7. The molecule has 1 aliphatic heterocycles. The number of anilines is 1. The molecular weight excluding hydrogens is 206 g/mol. The third-order valence-electron chi connectivity index (χ3n) is 2.79. The van der Waals surface area contributed by atoms with Gasteiger partial charge in [-0.25, -0.2) is 0 Å². The SMILES string of the molecule is CO[C@@H]1C(=O)N(c2ccc(C)cc2)[C@H]1C=O. The lowest BCUT2D eigenvalue weighted by atomic mass is 9.98. The van der Waals surface area contributed by atoms with Gasteiger partial charge in [0.25, 0.3) is 5.91 Å². The Morgan fingerprint density at radius 2 is 1.94 bits per heavy atom. The Hall–Kier alpha value is -1.68. The van der Waals surface area contributed by atoms with Crippen LogP contribution in [0.3, 0.4) is 0 Å². The summed E-state index contributed by atoms with van der Waals surface area (Å²) in [7, 11) is 1.44. The van der Waals surface area contributed by atoms with E-state index in [4.69, 9.17) is 4.74 Å². The van der Waals surface area contributed by atoms with Crippen LogP contribution in [0.5, 0.6) is 0 Å². The van der Waals surface area contributed by atoms with E-state index in [9.17, 15) is 9.59 Å². The van der Waals surface area contributed by atoms with E-state index in [0.717, 1.165) is 17.5 Å². The third-order valence-corrected chi connectivity index (χ3v) is 2.79. The van der Waals surface area contributed by atoms with Crippen molar-refractivity contribution in [2.75, 3.05) is 12.0 Å². The quantitative estimate of drug-likeness (QED) is 0.561. The Kier molecular flexibility index (Phi) is 2.75. The zero-order valence-electron chi connectivity index (χ0n) is 9.21. The highest BCUT2D eigenvalue weighted by Gasteiger charge is 2.48. The van der Waals surface area contributed by atoms with Crippen molar-refractivity contribution >= 4 is 17.9 Å². The van der Waals surface area contributed by atoms with Crippen LogP contribution >= 0.6 is 0 Å². The lowest BCUT2D eigenvalue weighted by Gasteiger charge is -2.42. The number of aryl methyl sites for hydroxylation is 1. The van der Waals surface area contributed by atoms with Crippen LogP contribution in [-0.4, -0.2) is 31.4 Å². The van der Waals surface area contributed by atoms with Gasteiger partial charge >= 0.3 is 0 Å². The van der Waals surface area contributed by atoms with Crippen LogP contribution in [0.25, 0.3) is 0 Å². The van der Waals surface area contributed by atoms with E-state index in [-0.39, 0.29) is 5.91 Å². The average molecular weight is 219 g/mol. The maximum atomic E-state index is 11.7. The second kappa shape index (κ2) is 4.06. The van der Waals surface area contributed by atoms with Crippen molar-refractivity contribution in [3.8, 4) is 0 Å². The minimum absolute atomic E-state index is 0.163. The van der Waals surface area contributed by atoms with Crippen molar-refractivity contribution in [3.63, 3.8) is 0 Å². The molecule has 4 heteroatoms. The fourth-order valence-electron chi connectivity index (χ4n) is 1.86. The molecule has 1 saturated heterocycles. The largest absolute Gasteiger partial charge is 0.369 e. The third kappa shape index (κ3) is 1.51. The first-order valence-corrected chi connectivity index (χ1v) is 5.07. The number of aldehydes is 1. The molecule has 0 bridgehead atoms. The van der Waals surface area contributed by atoms with Gasteiger partial charge in [-0.2, -0.15) is 0 Å². The van der Waals surface area contributed by atoms with Gasteiger partial charge in [0.05, 0.1) is 0 Å². The molecule has 0 unspecified atom stereocenters. The summed E-state index contributed by atoms with van der Waals surface area (Å²) in [5.74, 6) is -0.163. The number of benzene rings is 1. The number of hydrogen-bond acceptors (Lipinski definition) is 3. The molecule has 0 radical (unpaired) electrons. The van der Waals surface area contributed by atoms with Crippen molar-refractivity contribution in [2.45, 2.75) is 19.1 Å². The van der Waals surface area contributed by atoms with Gasteiger partial charge in [-0.15, -0.1) is 0 Å². The van der Waals surface area contributed by atoms with Gasteiger partial charge in [0.2, 0.25) is 0 Å². The van der Waals surface area contributed by atoms with Gasteiger partial charge in [-0.3, -0.25) is 9.69 Å². The normalized spacial score (nSPS) is 24.1. The maximum absolute atomic E-state index is 11.7. The van der Waals surface area contributed by atoms with Crippen LogP contribution in [-0.2, 0) is 14.3 Å². The summed E-state index contributed by atoms with van der Waals surface area (Å²) in [6, 6.07) is 6.97. The molecule has 4 nitrogen and oxygen atoms in total. The molecule has 1 aromatic carbocycles. The number of carbonyl (C=O) groups excluding carboxylic acids is 2. The Bertz CT molecular complexity index is 413. The first kappa shape index (κ1) is 10.8. The molecule has 1 heterocycles. The highest BCUT2D eigenvalue weighted by atomic mass is 16.5. The van der Waals surface area contributed by atoms with Crippen LogP contribution < -0.4 is 4.90 Å². The summed E-state index contributed by atoms with van der Waals surface area (Å²) in [4.78, 5) is 24.0. The predicted octanol–water partition coefficient (Wildman–Crippen LogP) is 0.924. The maximum Gasteiger partial charge on any atom is 0.259 e. The highest BCUT2D eigenvalue weighted by molar-refractivity contribution is 6.10. The topological polar surface area (TPSA) is 46.6 Å². The highest BCUT2D eigenvalue weighted by Crippen LogP contribution is 2.28. The molecular formula is C12H13NO3. The molecule has 0 aliphatic carbocycles. The fourth-order valence-corrected chi connectivity index (χ4v) is 1.86. The van der Waals surface area contributed by atoms with Crippen molar-refractivity contribution in [1.82, 2.24) is 0 Å². The predicted molar refractivity (Wildman–Crippen MR) is 59.3 cm³/mol. The number of hydrogen-bond donors (Lipinski definition) is 0. The minimum atomic E-state index is -0.626. The molecule has 16 heavy (non-hydrogen) atoms. The van der Waals surface area contributed by atoms with Crippen LogP contribution in [0.4, 0.5) is 5.69 Å². The molecule has 1 amide bonds. The number of β-lactam (4-membered cyclic amide) rings is 1. The molecule has 0 spiro atoms. The summed E-state index contributed by atoms with van der Waals surface area (Å²) in [5, 5.41) is 0. The molecule has 84 valence electrons. The van der Waals surface area contributed by atoms with Crippen LogP contribution in [0.2, 0.25) is 0 Å². The van der Waals surface area contributed by atoms with Crippen LogP contribution in [0, 0.1) is 6.92 Å². The van der Waals surface area contributed by atoms with Crippen molar-refractivity contribution in [3.05, 3.63) is 29.8 Å². The van der Waals surface area contributed by atoms with Crippen LogP contribution in [0.1, 0.15) is 5.56 Å². The van der Waals surface area contributed by atoms with Crippen molar-refractivity contribution in [1.29, 1.82) is 0 Å². The van der Waals surface area contributed by atoms with Crippen molar-refractivity contribution < 1.29 is 14.3 Å². The molecule has 2 atom stereocenters. The van der Waals surface area contributed by atoms with Gasteiger partial charge in [-0.1, -0.05) is 17.7 Å². The molecule has 0 aromatic heterocycles. The first-order valence-electron chi connectivity index (χ1n) is 5.07. The lowest BCUT2D eigenvalue weighted by Crippen LogP contribution is -2.66. The number of amides is 1. The Labute approximate surface area is 93.8 Å². The van der Waals surface area contributed by atoms with Crippen LogP contribution in [0.15, 0.2) is 24.3 Å². The Balaban J connectivity index is 2.25. The summed E-state index contributed by atoms with van der Waals surface area (Å²) in [6.45, 7) is 1.97. The van der Waals surface area contributed by atoms with E-state index in [0.29, 0.717) is 0 Å². The van der Waals surface area contributed by atoms with Gasteiger partial charge in [0, 0.05) is 12.8 Å². The van der Waals surface area contributed by atoms with E-state index in [1.54, 1.807) is 0 Å². The van der Waals surface area contributed by atoms with Gasteiger partial charge in [-0.05, 0) is 19.1 Å². The van der Waals surface area contributed by atoms with E-state index < -0.39 is 12.1 Å². The molecule has 0 N–H and O–H groups in total. The van der Waals surface area contributed by atoms with E-state index in [1.807, 2.05) is 31.2 Å². The number of nitrogens with zero attached hydrogens (tertiary/aromatic N) is 1. The Morgan fingerprint density at radius 3 is 2.44 bits per heavy atom. The van der Waals surface area contributed by atoms with E-state index in [1.165, 1.54) is 12.0 Å². The fraction of sp³-hybridized carbons (Fsp3) is 0.333. The first-order chi connectivity index (χ1) is 7.69. The smallest absolute Gasteiger partial charge is 0.259 e. The van der Waals surface area contributed by atoms with Gasteiger partial charge < -0.3 is 9.53 Å². The second-order valence-corrected chi connectivity index (χ2v) is 3.83. The molecule has 1 aromatic rings. The zero-order valence-corrected chi connectivity index (χ0v) is 9.21. The summed E-state index contributed by atoms with van der Waals surface area (Å²) < 4.78 is 4.95. The number of ether oxygens (including phenoxy) is 1. The average Bonchev–Trinajstić information content (AvgIpc) is 2.29. The molecule has 0 saturated carbocycles. The summed E-state index contributed by atoms with van der Waals surface area (Å²) in [6.07, 6.45) is 0.119. The monoisotopic (exact) mass is 219 g/mol. The van der Waals surface area contributed by atoms with E-state index >= 15 is 0 Å². The summed E-state index contributed by atoms with van der Waals surface area (Å²) in [5.41, 5.74) is 1.85. The standard InChI is InChI=1S/C12H13NO3/c1-8-3-5-9(6-4-8)13-10(7-14)11(16-2)12(13)15/h3-7,10-11H,1-2H3/t10-,11-/m0/s1. The molecule has 1 fully saturated rings. The number of rotatable bonds is 3. The summed E-state index contributed by atoms with van der Waals surface area (Å²) >= 11 is 0. The Morgan fingerprint density at radius 1 is 1.31 bits per heavy atom.